The minimum absolute atomic E-state index is 0.0591. The third kappa shape index (κ3) is 4.55. The van der Waals surface area contributed by atoms with Gasteiger partial charge >= 0.3 is 6.43 Å². The van der Waals surface area contributed by atoms with Crippen LogP contribution in [-0.4, -0.2) is 29.0 Å². The smallest absolute Gasteiger partial charge is 0.300 e. The number of benzene rings is 2. The molecule has 0 atom stereocenters. The lowest BCUT2D eigenvalue weighted by Gasteiger charge is -2.04. The quantitative estimate of drug-likeness (QED) is 0.410. The number of unbranched alkanes of at least 4 members (excludes halogenated alkanes) is 1. The molecule has 0 aliphatic rings. The third-order valence-electron chi connectivity index (χ3n) is 3.92. The number of halogens is 2. The highest BCUT2D eigenvalue weighted by Crippen LogP contribution is 2.24. The van der Waals surface area contributed by atoms with Crippen LogP contribution >= 0.6 is 0 Å². The maximum Gasteiger partial charge on any atom is 0.300 e. The lowest BCUT2D eigenvalue weighted by Crippen LogP contribution is -2.09. The van der Waals surface area contributed by atoms with Gasteiger partial charge in [-0.3, -0.25) is 4.79 Å². The highest BCUT2D eigenvalue weighted by Gasteiger charge is 2.18. The average Bonchev–Trinajstić information content (AvgIpc) is 3.18. The SMILES string of the molecule is CCCCOc1ccc(-c2nc(-c3ccc(C(=O)C(F)F)cc3)no2)cc1. The molecule has 2 aromatic carbocycles. The Balaban J connectivity index is 1.72. The Morgan fingerprint density at radius 3 is 2.37 bits per heavy atom. The Morgan fingerprint density at radius 2 is 1.74 bits per heavy atom. The summed E-state index contributed by atoms with van der Waals surface area (Å²) in [5, 5.41) is 3.91. The van der Waals surface area contributed by atoms with Gasteiger partial charge in [0.1, 0.15) is 5.75 Å². The number of rotatable bonds is 8. The largest absolute Gasteiger partial charge is 0.494 e. The van der Waals surface area contributed by atoms with Gasteiger partial charge in [-0.25, -0.2) is 8.78 Å². The zero-order valence-electron chi connectivity index (χ0n) is 14.7. The van der Waals surface area contributed by atoms with Gasteiger partial charge < -0.3 is 9.26 Å². The molecule has 1 heterocycles. The van der Waals surface area contributed by atoms with Crippen LogP contribution in [-0.2, 0) is 0 Å². The first-order valence-electron chi connectivity index (χ1n) is 8.58. The van der Waals surface area contributed by atoms with Gasteiger partial charge in [0.15, 0.2) is 0 Å². The summed E-state index contributed by atoms with van der Waals surface area (Å²) < 4.78 is 35.8. The van der Waals surface area contributed by atoms with Crippen LogP contribution in [0.5, 0.6) is 5.75 Å². The molecule has 7 heteroatoms. The second-order valence-electron chi connectivity index (χ2n) is 5.89. The van der Waals surface area contributed by atoms with E-state index in [1.54, 1.807) is 0 Å². The van der Waals surface area contributed by atoms with Crippen molar-refractivity contribution in [2.24, 2.45) is 0 Å². The monoisotopic (exact) mass is 372 g/mol. The standard InChI is InChI=1S/C20H18F2N2O3/c1-2-3-12-26-16-10-8-15(9-11-16)20-23-19(24-27-20)14-6-4-13(5-7-14)17(25)18(21)22/h4-11,18H,2-3,12H2,1H3. The van der Waals surface area contributed by atoms with Crippen LogP contribution < -0.4 is 4.74 Å². The lowest BCUT2D eigenvalue weighted by molar-refractivity contribution is 0.0679. The van der Waals surface area contributed by atoms with E-state index < -0.39 is 12.2 Å². The predicted molar refractivity (Wildman–Crippen MR) is 95.9 cm³/mol. The topological polar surface area (TPSA) is 65.2 Å². The van der Waals surface area contributed by atoms with E-state index in [1.807, 2.05) is 24.3 Å². The third-order valence-corrected chi connectivity index (χ3v) is 3.92. The molecule has 0 aliphatic carbocycles. The molecule has 0 aliphatic heterocycles. The van der Waals surface area contributed by atoms with Crippen molar-refractivity contribution in [2.45, 2.75) is 26.2 Å². The number of ether oxygens (including phenoxy) is 1. The molecule has 0 spiro atoms. The van der Waals surface area contributed by atoms with Gasteiger partial charge in [0.25, 0.3) is 5.89 Å². The summed E-state index contributed by atoms with van der Waals surface area (Å²) >= 11 is 0. The van der Waals surface area contributed by atoms with E-state index in [2.05, 4.69) is 17.1 Å². The van der Waals surface area contributed by atoms with Crippen LogP contribution in [0.1, 0.15) is 30.1 Å². The first-order valence-corrected chi connectivity index (χ1v) is 8.58. The number of alkyl halides is 2. The van der Waals surface area contributed by atoms with E-state index in [1.165, 1.54) is 24.3 Å². The van der Waals surface area contributed by atoms with Gasteiger partial charge in [-0.15, -0.1) is 0 Å². The zero-order valence-corrected chi connectivity index (χ0v) is 14.7. The van der Waals surface area contributed by atoms with E-state index in [0.717, 1.165) is 24.2 Å². The molecule has 27 heavy (non-hydrogen) atoms. The predicted octanol–water partition coefficient (Wildman–Crippen LogP) is 5.03. The average molecular weight is 372 g/mol. The maximum atomic E-state index is 12.4. The molecule has 0 N–H and O–H groups in total. The minimum Gasteiger partial charge on any atom is -0.494 e. The molecule has 0 saturated heterocycles. The number of hydrogen-bond donors (Lipinski definition) is 0. The number of ketones is 1. The molecule has 0 bridgehead atoms. The normalized spacial score (nSPS) is 11.0. The van der Waals surface area contributed by atoms with E-state index in [9.17, 15) is 13.6 Å². The van der Waals surface area contributed by atoms with E-state index in [0.29, 0.717) is 23.9 Å². The second-order valence-corrected chi connectivity index (χ2v) is 5.89. The number of carbonyl (C=O) groups is 1. The Hall–Kier alpha value is -3.09. The first-order chi connectivity index (χ1) is 13.1. The maximum absolute atomic E-state index is 12.4. The van der Waals surface area contributed by atoms with Crippen LogP contribution in [0, 0.1) is 0 Å². The fourth-order valence-corrected chi connectivity index (χ4v) is 2.40. The Labute approximate surface area is 155 Å². The number of carbonyl (C=O) groups excluding carboxylic acids is 1. The molecular formula is C20H18F2N2O3. The summed E-state index contributed by atoms with van der Waals surface area (Å²) in [6.07, 6.45) is -0.960. The van der Waals surface area contributed by atoms with Crippen molar-refractivity contribution in [3.63, 3.8) is 0 Å². The molecule has 3 rings (SSSR count). The van der Waals surface area contributed by atoms with Crippen molar-refractivity contribution in [2.75, 3.05) is 6.61 Å². The molecule has 0 radical (unpaired) electrons. The summed E-state index contributed by atoms with van der Waals surface area (Å²) in [5.74, 6) is 0.199. The molecule has 0 amide bonds. The molecule has 5 nitrogen and oxygen atoms in total. The fraction of sp³-hybridized carbons (Fsp3) is 0.250. The van der Waals surface area contributed by atoms with Crippen LogP contribution in [0.25, 0.3) is 22.8 Å². The minimum atomic E-state index is -3.03. The molecule has 0 fully saturated rings. The van der Waals surface area contributed by atoms with Crippen LogP contribution in [0.2, 0.25) is 0 Å². The van der Waals surface area contributed by atoms with Crippen molar-refractivity contribution in [3.8, 4) is 28.6 Å². The number of Topliss-reactive ketones (excluding diaryl/α,β-unsaturated/α-hetero) is 1. The summed E-state index contributed by atoms with van der Waals surface area (Å²) in [7, 11) is 0. The van der Waals surface area contributed by atoms with Crippen LogP contribution in [0.15, 0.2) is 53.1 Å². The Morgan fingerprint density at radius 1 is 1.07 bits per heavy atom. The Bertz CT molecular complexity index is 890. The van der Waals surface area contributed by atoms with Crippen molar-refractivity contribution < 1.29 is 22.8 Å². The van der Waals surface area contributed by atoms with E-state index in [-0.39, 0.29) is 5.56 Å². The van der Waals surface area contributed by atoms with Gasteiger partial charge in [0.2, 0.25) is 11.6 Å². The van der Waals surface area contributed by atoms with Crippen LogP contribution in [0.4, 0.5) is 8.78 Å². The van der Waals surface area contributed by atoms with Crippen molar-refractivity contribution in [1.82, 2.24) is 10.1 Å². The highest BCUT2D eigenvalue weighted by atomic mass is 19.3. The van der Waals surface area contributed by atoms with Gasteiger partial charge in [0.05, 0.1) is 6.61 Å². The zero-order chi connectivity index (χ0) is 19.2. The van der Waals surface area contributed by atoms with Crippen LogP contribution in [0.3, 0.4) is 0 Å². The molecule has 140 valence electrons. The second kappa shape index (κ2) is 8.53. The number of aromatic nitrogens is 2. The molecule has 1 aromatic heterocycles. The number of nitrogens with zero attached hydrogens (tertiary/aromatic N) is 2. The van der Waals surface area contributed by atoms with Gasteiger partial charge in [0, 0.05) is 16.7 Å². The molecular weight excluding hydrogens is 354 g/mol. The number of hydrogen-bond acceptors (Lipinski definition) is 5. The van der Waals surface area contributed by atoms with Gasteiger partial charge in [-0.1, -0.05) is 42.8 Å². The highest BCUT2D eigenvalue weighted by molar-refractivity contribution is 5.98. The first kappa shape index (κ1) is 18.7. The van der Waals surface area contributed by atoms with Gasteiger partial charge in [-0.2, -0.15) is 4.98 Å². The van der Waals surface area contributed by atoms with Crippen molar-refractivity contribution in [1.29, 1.82) is 0 Å². The summed E-state index contributed by atoms with van der Waals surface area (Å²) in [4.78, 5) is 15.6. The van der Waals surface area contributed by atoms with Crippen molar-refractivity contribution in [3.05, 3.63) is 54.1 Å². The van der Waals surface area contributed by atoms with E-state index in [4.69, 9.17) is 9.26 Å². The Kier molecular flexibility index (Phi) is 5.90. The van der Waals surface area contributed by atoms with E-state index >= 15 is 0 Å². The molecule has 3 aromatic rings. The van der Waals surface area contributed by atoms with Gasteiger partial charge in [-0.05, 0) is 30.7 Å². The molecule has 0 unspecified atom stereocenters. The lowest BCUT2D eigenvalue weighted by atomic mass is 10.1. The summed E-state index contributed by atoms with van der Waals surface area (Å²) in [6, 6.07) is 13.0. The summed E-state index contributed by atoms with van der Waals surface area (Å²) in [6.45, 7) is 2.77. The summed E-state index contributed by atoms with van der Waals surface area (Å²) in [5.41, 5.74) is 1.24. The molecule has 0 saturated carbocycles. The van der Waals surface area contributed by atoms with Crippen molar-refractivity contribution >= 4 is 5.78 Å². The fourth-order valence-electron chi connectivity index (χ4n) is 2.40.